The van der Waals surface area contributed by atoms with Gasteiger partial charge in [-0.2, -0.15) is 0 Å². The molecule has 2 radical (unpaired) electrons. The highest BCUT2D eigenvalue weighted by molar-refractivity contribution is 6.78. The van der Waals surface area contributed by atoms with E-state index in [1.165, 1.54) is 0 Å². The molecule has 17 heavy (non-hydrogen) atoms. The third-order valence-corrected chi connectivity index (χ3v) is 5.44. The monoisotopic (exact) mass is 260 g/mol. The molecule has 3 nitrogen and oxygen atoms in total. The van der Waals surface area contributed by atoms with Crippen molar-refractivity contribution in [3.63, 3.8) is 0 Å². The standard InChI is InChI=1S/C12H12O3Si2/c13-17(14,12-9-5-2-6-10-12)15-16-11-7-3-1-4-8-11/h1-10,13-14H. The van der Waals surface area contributed by atoms with Crippen LogP contribution in [0.5, 0.6) is 0 Å². The van der Waals surface area contributed by atoms with Crippen LogP contribution in [-0.4, -0.2) is 28.2 Å². The summed E-state index contributed by atoms with van der Waals surface area (Å²) in [4.78, 5) is 19.9. The Balaban J connectivity index is 2.03. The smallest absolute Gasteiger partial charge is 0.407 e. The van der Waals surface area contributed by atoms with Crippen molar-refractivity contribution in [2.24, 2.45) is 0 Å². The zero-order chi connectivity index (χ0) is 12.1. The van der Waals surface area contributed by atoms with Crippen LogP contribution < -0.4 is 10.4 Å². The number of hydrogen-bond donors (Lipinski definition) is 2. The minimum Gasteiger partial charge on any atom is -0.407 e. The minimum atomic E-state index is -3.75. The SMILES string of the molecule is O[Si](O)(O[Si]c1ccccc1)c1ccccc1. The van der Waals surface area contributed by atoms with Crippen molar-refractivity contribution in [3.8, 4) is 0 Å². The molecular formula is C12H12O3Si2. The second-order valence-electron chi connectivity index (χ2n) is 3.54. The van der Waals surface area contributed by atoms with E-state index in [0.717, 1.165) is 5.19 Å². The highest BCUT2D eigenvalue weighted by Gasteiger charge is 2.34. The molecule has 0 saturated heterocycles. The van der Waals surface area contributed by atoms with Crippen molar-refractivity contribution in [3.05, 3.63) is 60.7 Å². The fraction of sp³-hybridized carbons (Fsp3) is 0. The van der Waals surface area contributed by atoms with Gasteiger partial charge in [-0.05, 0) is 5.19 Å². The van der Waals surface area contributed by atoms with Gasteiger partial charge >= 0.3 is 8.80 Å². The number of benzene rings is 2. The second-order valence-corrected chi connectivity index (χ2v) is 6.94. The molecule has 0 aliphatic rings. The third-order valence-electron chi connectivity index (χ3n) is 2.23. The van der Waals surface area contributed by atoms with E-state index in [9.17, 15) is 9.59 Å². The molecule has 0 aliphatic heterocycles. The molecule has 0 atom stereocenters. The Labute approximate surface area is 104 Å². The minimum absolute atomic E-state index is 0.0569. The average molecular weight is 260 g/mol. The first-order valence-electron chi connectivity index (χ1n) is 5.18. The van der Waals surface area contributed by atoms with Gasteiger partial charge in [0.05, 0.1) is 0 Å². The Morgan fingerprint density at radius 2 is 1.35 bits per heavy atom. The molecule has 0 fully saturated rings. The predicted molar refractivity (Wildman–Crippen MR) is 69.2 cm³/mol. The Morgan fingerprint density at radius 1 is 0.824 bits per heavy atom. The summed E-state index contributed by atoms with van der Waals surface area (Å²) in [5, 5.41) is 1.41. The Morgan fingerprint density at radius 3 is 1.94 bits per heavy atom. The van der Waals surface area contributed by atoms with E-state index in [2.05, 4.69) is 0 Å². The maximum absolute atomic E-state index is 9.93. The fourth-order valence-corrected chi connectivity index (χ4v) is 3.82. The summed E-state index contributed by atoms with van der Waals surface area (Å²) in [7, 11) is -3.81. The summed E-state index contributed by atoms with van der Waals surface area (Å²) >= 11 is 0. The van der Waals surface area contributed by atoms with E-state index < -0.39 is 8.80 Å². The van der Waals surface area contributed by atoms with Gasteiger partial charge in [-0.15, -0.1) is 0 Å². The molecule has 86 valence electrons. The molecule has 5 heteroatoms. The van der Waals surface area contributed by atoms with Gasteiger partial charge < -0.3 is 13.7 Å². The van der Waals surface area contributed by atoms with Crippen molar-refractivity contribution >= 4 is 28.9 Å². The average Bonchev–Trinajstić information content (AvgIpc) is 2.39. The molecule has 2 aromatic carbocycles. The zero-order valence-electron chi connectivity index (χ0n) is 9.08. The molecule has 0 heterocycles. The summed E-state index contributed by atoms with van der Waals surface area (Å²) in [5.74, 6) is 0. The first-order chi connectivity index (χ1) is 8.18. The Hall–Kier alpha value is -1.25. The van der Waals surface area contributed by atoms with Crippen LogP contribution in [0.15, 0.2) is 60.7 Å². The maximum atomic E-state index is 9.93. The predicted octanol–water partition coefficient (Wildman–Crippen LogP) is -0.222. The van der Waals surface area contributed by atoms with Crippen molar-refractivity contribution in [2.45, 2.75) is 0 Å². The summed E-state index contributed by atoms with van der Waals surface area (Å²) in [6.07, 6.45) is 0. The van der Waals surface area contributed by atoms with Crippen LogP contribution in [0.2, 0.25) is 0 Å². The molecule has 2 aromatic rings. The molecular weight excluding hydrogens is 248 g/mol. The molecule has 0 amide bonds. The van der Waals surface area contributed by atoms with E-state index >= 15 is 0 Å². The lowest BCUT2D eigenvalue weighted by atomic mass is 10.4. The van der Waals surface area contributed by atoms with Crippen molar-refractivity contribution < 1.29 is 13.7 Å². The zero-order valence-corrected chi connectivity index (χ0v) is 11.1. The lowest BCUT2D eigenvalue weighted by molar-refractivity contribution is 0.268. The lowest BCUT2D eigenvalue weighted by Crippen LogP contribution is -2.53. The van der Waals surface area contributed by atoms with Gasteiger partial charge in [0.1, 0.15) is 0 Å². The van der Waals surface area contributed by atoms with Crippen molar-refractivity contribution in [2.75, 3.05) is 0 Å². The quantitative estimate of drug-likeness (QED) is 0.747. The summed E-state index contributed by atoms with van der Waals surface area (Å²) in [6, 6.07) is 18.2. The highest BCUT2D eigenvalue weighted by Crippen LogP contribution is 1.97. The summed E-state index contributed by atoms with van der Waals surface area (Å²) < 4.78 is 5.28. The van der Waals surface area contributed by atoms with Gasteiger partial charge in [-0.3, -0.25) is 0 Å². The fourth-order valence-electron chi connectivity index (χ4n) is 1.35. The van der Waals surface area contributed by atoms with Crippen LogP contribution in [0, 0.1) is 0 Å². The van der Waals surface area contributed by atoms with Crippen LogP contribution >= 0.6 is 0 Å². The van der Waals surface area contributed by atoms with Gasteiger partial charge in [-0.25, -0.2) is 0 Å². The normalized spacial score (nSPS) is 11.4. The molecule has 2 rings (SSSR count). The van der Waals surface area contributed by atoms with Gasteiger partial charge in [0, 0.05) is 5.19 Å². The van der Waals surface area contributed by atoms with Gasteiger partial charge in [0.25, 0.3) is 9.76 Å². The third kappa shape index (κ3) is 3.35. The van der Waals surface area contributed by atoms with E-state index in [1.54, 1.807) is 24.3 Å². The van der Waals surface area contributed by atoms with Crippen LogP contribution in [0.3, 0.4) is 0 Å². The highest BCUT2D eigenvalue weighted by atomic mass is 28.4. The maximum Gasteiger partial charge on any atom is 0.521 e. The van der Waals surface area contributed by atoms with E-state index in [1.807, 2.05) is 36.4 Å². The largest absolute Gasteiger partial charge is 0.521 e. The van der Waals surface area contributed by atoms with Crippen molar-refractivity contribution in [1.82, 2.24) is 0 Å². The topological polar surface area (TPSA) is 49.7 Å². The number of rotatable bonds is 4. The number of hydrogen-bond acceptors (Lipinski definition) is 3. The van der Waals surface area contributed by atoms with Gasteiger partial charge in [0.2, 0.25) is 0 Å². The van der Waals surface area contributed by atoms with Crippen LogP contribution in [0.4, 0.5) is 0 Å². The van der Waals surface area contributed by atoms with Crippen molar-refractivity contribution in [1.29, 1.82) is 0 Å². The molecule has 0 unspecified atom stereocenters. The van der Waals surface area contributed by atoms with Gasteiger partial charge in [-0.1, -0.05) is 60.7 Å². The second kappa shape index (κ2) is 5.39. The van der Waals surface area contributed by atoms with Crippen LogP contribution in [0.1, 0.15) is 0 Å². The van der Waals surface area contributed by atoms with E-state index in [0.29, 0.717) is 5.19 Å². The molecule has 2 N–H and O–H groups in total. The first-order valence-corrected chi connectivity index (χ1v) is 7.89. The molecule has 0 aromatic heterocycles. The Bertz CT molecular complexity index is 460. The Kier molecular flexibility index (Phi) is 3.87. The van der Waals surface area contributed by atoms with Crippen LogP contribution in [0.25, 0.3) is 0 Å². The molecule has 0 saturated carbocycles. The summed E-state index contributed by atoms with van der Waals surface area (Å²) in [5.41, 5.74) is 0. The first kappa shape index (κ1) is 12.2. The lowest BCUT2D eigenvalue weighted by Gasteiger charge is -2.17. The van der Waals surface area contributed by atoms with Crippen LogP contribution in [-0.2, 0) is 4.12 Å². The molecule has 0 bridgehead atoms. The van der Waals surface area contributed by atoms with E-state index in [4.69, 9.17) is 4.12 Å². The van der Waals surface area contributed by atoms with E-state index in [-0.39, 0.29) is 9.76 Å². The molecule has 0 spiro atoms. The van der Waals surface area contributed by atoms with Gasteiger partial charge in [0.15, 0.2) is 0 Å². The summed E-state index contributed by atoms with van der Waals surface area (Å²) in [6.45, 7) is 0. The molecule has 0 aliphatic carbocycles.